The molecule has 0 aliphatic carbocycles. The minimum absolute atomic E-state index is 0.102. The summed E-state index contributed by atoms with van der Waals surface area (Å²) in [4.78, 5) is 4.09. The summed E-state index contributed by atoms with van der Waals surface area (Å²) < 4.78 is 21.9. The van der Waals surface area contributed by atoms with Crippen molar-refractivity contribution in [3.05, 3.63) is 29.8 Å². The van der Waals surface area contributed by atoms with Crippen molar-refractivity contribution in [3.63, 3.8) is 0 Å². The van der Waals surface area contributed by atoms with Gasteiger partial charge in [-0.3, -0.25) is 4.99 Å². The third-order valence-electron chi connectivity index (χ3n) is 1.69. The molecular weight excluding hydrogens is 232 g/mol. The van der Waals surface area contributed by atoms with Crippen LogP contribution in [0.15, 0.2) is 34.2 Å². The zero-order chi connectivity index (χ0) is 11.3. The van der Waals surface area contributed by atoms with Gasteiger partial charge in [0, 0.05) is 11.6 Å². The number of nitrogens with zero attached hydrogens (tertiary/aromatic N) is 1. The van der Waals surface area contributed by atoms with Gasteiger partial charge in [0.2, 0.25) is 10.0 Å². The standard InChI is InChI=1S/C9H10N2O2S2/c10-15(12,13)9-3-1-8(2-4-9)7-11-5-6-14/h1-6H,7H2,(H2,10,12,13). The Morgan fingerprint density at radius 2 is 1.93 bits per heavy atom. The Bertz CT molecular complexity index is 463. The molecule has 0 aliphatic rings. The van der Waals surface area contributed by atoms with Crippen molar-refractivity contribution in [1.82, 2.24) is 0 Å². The first kappa shape index (κ1) is 12.0. The third-order valence-corrected chi connectivity index (χ3v) is 2.74. The van der Waals surface area contributed by atoms with Crippen LogP contribution >= 0.6 is 12.2 Å². The molecule has 2 N–H and O–H groups in total. The Balaban J connectivity index is 2.81. The number of thiocarbonyl (C=S) groups is 1. The van der Waals surface area contributed by atoms with Gasteiger partial charge in [-0.1, -0.05) is 24.4 Å². The van der Waals surface area contributed by atoms with Crippen molar-refractivity contribution in [3.8, 4) is 0 Å². The van der Waals surface area contributed by atoms with E-state index < -0.39 is 10.0 Å². The summed E-state index contributed by atoms with van der Waals surface area (Å²) in [6, 6.07) is 6.25. The van der Waals surface area contributed by atoms with Crippen LogP contribution < -0.4 is 5.14 Å². The molecule has 0 aromatic heterocycles. The largest absolute Gasteiger partial charge is 0.288 e. The summed E-state index contributed by atoms with van der Waals surface area (Å²) in [5.74, 6) is 0. The van der Waals surface area contributed by atoms with Crippen molar-refractivity contribution in [2.45, 2.75) is 11.4 Å². The first-order valence-electron chi connectivity index (χ1n) is 4.09. The van der Waals surface area contributed by atoms with Crippen LogP contribution in [-0.4, -0.2) is 20.0 Å². The van der Waals surface area contributed by atoms with Gasteiger partial charge in [-0.05, 0) is 17.7 Å². The Labute approximate surface area is 93.9 Å². The van der Waals surface area contributed by atoms with E-state index in [1.54, 1.807) is 12.1 Å². The maximum atomic E-state index is 10.9. The maximum Gasteiger partial charge on any atom is 0.238 e. The molecule has 0 atom stereocenters. The van der Waals surface area contributed by atoms with E-state index in [4.69, 9.17) is 5.14 Å². The van der Waals surface area contributed by atoms with Gasteiger partial charge in [-0.15, -0.1) is 0 Å². The topological polar surface area (TPSA) is 72.5 Å². The summed E-state index contributed by atoms with van der Waals surface area (Å²) in [7, 11) is -3.61. The summed E-state index contributed by atoms with van der Waals surface area (Å²) in [5, 5.41) is 6.37. The predicted octanol–water partition coefficient (Wildman–Crippen LogP) is 0.905. The minimum atomic E-state index is -3.61. The molecule has 80 valence electrons. The van der Waals surface area contributed by atoms with Gasteiger partial charge in [0.25, 0.3) is 0 Å². The zero-order valence-electron chi connectivity index (χ0n) is 7.83. The van der Waals surface area contributed by atoms with Crippen molar-refractivity contribution in [1.29, 1.82) is 0 Å². The molecular formula is C9H10N2O2S2. The van der Waals surface area contributed by atoms with Crippen LogP contribution in [0.5, 0.6) is 0 Å². The van der Waals surface area contributed by atoms with E-state index in [1.807, 2.05) is 0 Å². The highest BCUT2D eigenvalue weighted by molar-refractivity contribution is 7.89. The number of sulfonamides is 1. The highest BCUT2D eigenvalue weighted by atomic mass is 32.2. The maximum absolute atomic E-state index is 10.9. The monoisotopic (exact) mass is 242 g/mol. The zero-order valence-corrected chi connectivity index (χ0v) is 9.46. The van der Waals surface area contributed by atoms with Crippen LogP contribution in [0.2, 0.25) is 0 Å². The summed E-state index contributed by atoms with van der Waals surface area (Å²) in [6.45, 7) is 0.470. The van der Waals surface area contributed by atoms with Gasteiger partial charge in [-0.2, -0.15) is 0 Å². The van der Waals surface area contributed by atoms with E-state index in [-0.39, 0.29) is 4.90 Å². The highest BCUT2D eigenvalue weighted by Gasteiger charge is 2.05. The lowest BCUT2D eigenvalue weighted by Gasteiger charge is -1.99. The highest BCUT2D eigenvalue weighted by Crippen LogP contribution is 2.09. The van der Waals surface area contributed by atoms with Crippen molar-refractivity contribution < 1.29 is 8.42 Å². The SMILES string of the molecule is NS(=O)(=O)c1ccc(CN=CC=S)cc1. The van der Waals surface area contributed by atoms with Crippen LogP contribution in [-0.2, 0) is 16.6 Å². The molecule has 0 spiro atoms. The van der Waals surface area contributed by atoms with Gasteiger partial charge >= 0.3 is 0 Å². The second kappa shape index (κ2) is 5.11. The van der Waals surface area contributed by atoms with Crippen molar-refractivity contribution >= 4 is 33.8 Å². The number of aliphatic imine (C=N–C) groups is 1. The number of primary sulfonamides is 1. The number of hydrogen-bond acceptors (Lipinski definition) is 4. The predicted molar refractivity (Wildman–Crippen MR) is 63.7 cm³/mol. The first-order valence-corrected chi connectivity index (χ1v) is 6.11. The minimum Gasteiger partial charge on any atom is -0.288 e. The molecule has 0 saturated heterocycles. The Kier molecular flexibility index (Phi) is 4.07. The molecule has 1 rings (SSSR count). The third kappa shape index (κ3) is 3.86. The summed E-state index contributed by atoms with van der Waals surface area (Å²) in [6.07, 6.45) is 1.52. The van der Waals surface area contributed by atoms with E-state index in [2.05, 4.69) is 17.2 Å². The molecule has 0 bridgehead atoms. The Morgan fingerprint density at radius 3 is 2.40 bits per heavy atom. The number of nitrogens with two attached hydrogens (primary N) is 1. The normalized spacial score (nSPS) is 11.8. The van der Waals surface area contributed by atoms with Crippen LogP contribution in [0.1, 0.15) is 5.56 Å². The van der Waals surface area contributed by atoms with E-state index in [0.717, 1.165) is 5.56 Å². The average molecular weight is 242 g/mol. The molecule has 0 amide bonds. The number of hydrogen-bond donors (Lipinski definition) is 1. The smallest absolute Gasteiger partial charge is 0.238 e. The molecule has 6 heteroatoms. The van der Waals surface area contributed by atoms with Gasteiger partial charge in [0.05, 0.1) is 11.4 Å². The molecule has 0 aliphatic heterocycles. The molecule has 4 nitrogen and oxygen atoms in total. The second-order valence-corrected chi connectivity index (χ2v) is 4.65. The van der Waals surface area contributed by atoms with Gasteiger partial charge in [-0.25, -0.2) is 13.6 Å². The molecule has 0 radical (unpaired) electrons. The summed E-state index contributed by atoms with van der Waals surface area (Å²) >= 11 is 4.57. The van der Waals surface area contributed by atoms with Crippen LogP contribution in [0.3, 0.4) is 0 Å². The fraction of sp³-hybridized carbons (Fsp3) is 0.111. The molecule has 0 unspecified atom stereocenters. The van der Waals surface area contributed by atoms with Crippen LogP contribution in [0.4, 0.5) is 0 Å². The van der Waals surface area contributed by atoms with Gasteiger partial charge < -0.3 is 0 Å². The fourth-order valence-corrected chi connectivity index (χ4v) is 1.59. The number of benzene rings is 1. The Morgan fingerprint density at radius 1 is 1.33 bits per heavy atom. The van der Waals surface area contributed by atoms with Crippen molar-refractivity contribution in [2.24, 2.45) is 10.1 Å². The van der Waals surface area contributed by atoms with Crippen molar-refractivity contribution in [2.75, 3.05) is 0 Å². The lowest BCUT2D eigenvalue weighted by molar-refractivity contribution is 0.598. The average Bonchev–Trinajstić information content (AvgIpc) is 2.18. The van der Waals surface area contributed by atoms with E-state index in [9.17, 15) is 8.42 Å². The first-order chi connectivity index (χ1) is 7.04. The second-order valence-electron chi connectivity index (χ2n) is 2.81. The Hall–Kier alpha value is -1.11. The number of rotatable bonds is 4. The molecule has 0 fully saturated rings. The molecule has 1 aromatic carbocycles. The van der Waals surface area contributed by atoms with E-state index in [1.165, 1.54) is 23.7 Å². The summed E-state index contributed by atoms with van der Waals surface area (Å²) in [5.41, 5.74) is 0.899. The van der Waals surface area contributed by atoms with Crippen LogP contribution in [0.25, 0.3) is 0 Å². The van der Waals surface area contributed by atoms with Crippen LogP contribution in [0, 0.1) is 0 Å². The lowest BCUT2D eigenvalue weighted by Crippen LogP contribution is -2.11. The van der Waals surface area contributed by atoms with Gasteiger partial charge in [0.15, 0.2) is 0 Å². The van der Waals surface area contributed by atoms with E-state index >= 15 is 0 Å². The lowest BCUT2D eigenvalue weighted by atomic mass is 10.2. The molecule has 1 aromatic rings. The molecule has 0 saturated carbocycles. The fourth-order valence-electron chi connectivity index (χ4n) is 0.986. The molecule has 15 heavy (non-hydrogen) atoms. The van der Waals surface area contributed by atoms with Gasteiger partial charge in [0.1, 0.15) is 0 Å². The molecule has 0 heterocycles. The quantitative estimate of drug-likeness (QED) is 0.630. The van der Waals surface area contributed by atoms with E-state index in [0.29, 0.717) is 6.54 Å².